The van der Waals surface area contributed by atoms with Gasteiger partial charge in [0.25, 0.3) is 0 Å². The quantitative estimate of drug-likeness (QED) is 0.571. The van der Waals surface area contributed by atoms with E-state index in [1.54, 1.807) is 19.1 Å². The number of esters is 1. The minimum absolute atomic E-state index is 0.131. The van der Waals surface area contributed by atoms with E-state index in [2.05, 4.69) is 54.9 Å². The Morgan fingerprint density at radius 2 is 2.04 bits per heavy atom. The molecule has 0 bridgehead atoms. The molecule has 0 saturated heterocycles. The van der Waals surface area contributed by atoms with E-state index in [0.29, 0.717) is 18.0 Å². The molecule has 1 aliphatic heterocycles. The van der Waals surface area contributed by atoms with Gasteiger partial charge in [0.1, 0.15) is 5.69 Å². The maximum absolute atomic E-state index is 11.5. The van der Waals surface area contributed by atoms with Crippen LogP contribution in [0.1, 0.15) is 62.2 Å². The van der Waals surface area contributed by atoms with Gasteiger partial charge in [-0.2, -0.15) is 5.10 Å². The number of hydrogen-bond donors (Lipinski definition) is 0. The third-order valence-corrected chi connectivity index (χ3v) is 6.03. The Hall–Kier alpha value is -2.32. The first-order valence-electron chi connectivity index (χ1n) is 9.73. The van der Waals surface area contributed by atoms with E-state index in [1.165, 1.54) is 28.2 Å². The summed E-state index contributed by atoms with van der Waals surface area (Å²) in [5, 5.41) is 8.24. The van der Waals surface area contributed by atoms with Gasteiger partial charge in [-0.1, -0.05) is 26.7 Å². The second-order valence-corrected chi connectivity index (χ2v) is 8.62. The lowest BCUT2D eigenvalue weighted by atomic mass is 9.80. The number of hydrogen-bond acceptors (Lipinski definition) is 5. The van der Waals surface area contributed by atoms with Crippen LogP contribution >= 0.6 is 11.8 Å². The van der Waals surface area contributed by atoms with Gasteiger partial charge in [-0.15, -0.1) is 16.9 Å². The first-order valence-corrected chi connectivity index (χ1v) is 10.7. The highest BCUT2D eigenvalue weighted by atomic mass is 32.2. The minimum Gasteiger partial charge on any atom is -0.466 e. The highest BCUT2D eigenvalue weighted by molar-refractivity contribution is 7.99. The third-order valence-electron chi connectivity index (χ3n) is 4.98. The number of ether oxygens (including phenoxy) is 1. The van der Waals surface area contributed by atoms with Crippen molar-refractivity contribution in [1.82, 2.24) is 10.2 Å². The number of aryl methyl sites for hydroxylation is 1. The summed E-state index contributed by atoms with van der Waals surface area (Å²) in [6, 6.07) is 8.15. The Labute approximate surface area is 171 Å². The molecule has 0 radical (unpaired) electrons. The largest absolute Gasteiger partial charge is 0.466 e. The molecule has 1 aromatic heterocycles. The normalized spacial score (nSPS) is 14.6. The molecule has 1 aromatic carbocycles. The molecule has 2 heterocycles. The Morgan fingerprint density at radius 1 is 1.21 bits per heavy atom. The zero-order chi connectivity index (χ0) is 20.1. The van der Waals surface area contributed by atoms with Crippen LogP contribution < -0.4 is 0 Å². The van der Waals surface area contributed by atoms with Gasteiger partial charge in [-0.25, -0.2) is 0 Å². The number of thioether (sulfide) groups is 1. The van der Waals surface area contributed by atoms with Crippen molar-refractivity contribution in [1.29, 1.82) is 0 Å². The van der Waals surface area contributed by atoms with Crippen molar-refractivity contribution in [2.45, 2.75) is 57.3 Å². The fourth-order valence-electron chi connectivity index (χ4n) is 3.24. The molecule has 0 saturated carbocycles. The van der Waals surface area contributed by atoms with Gasteiger partial charge in [0.2, 0.25) is 0 Å². The molecule has 28 heavy (non-hydrogen) atoms. The molecular weight excluding hydrogens is 368 g/mol. The van der Waals surface area contributed by atoms with E-state index in [4.69, 9.17) is 4.74 Å². The number of rotatable bonds is 4. The van der Waals surface area contributed by atoms with Gasteiger partial charge in [-0.05, 0) is 72.2 Å². The predicted octanol–water partition coefficient (Wildman–Crippen LogP) is 4.32. The summed E-state index contributed by atoms with van der Waals surface area (Å²) in [6.45, 7) is 8.93. The van der Waals surface area contributed by atoms with Crippen molar-refractivity contribution in [3.63, 3.8) is 0 Å². The van der Waals surface area contributed by atoms with Crippen LogP contribution in [0.25, 0.3) is 0 Å². The molecule has 1 aliphatic rings. The van der Waals surface area contributed by atoms with Crippen LogP contribution in [0.3, 0.4) is 0 Å². The summed E-state index contributed by atoms with van der Waals surface area (Å²) in [7, 11) is 0. The number of aromatic nitrogens is 2. The van der Waals surface area contributed by atoms with E-state index >= 15 is 0 Å². The van der Waals surface area contributed by atoms with Crippen molar-refractivity contribution in [2.75, 3.05) is 12.4 Å². The van der Waals surface area contributed by atoms with Crippen LogP contribution in [0.15, 0.2) is 29.2 Å². The fraction of sp³-hybridized carbons (Fsp3) is 0.435. The van der Waals surface area contributed by atoms with Crippen LogP contribution in [0.5, 0.6) is 0 Å². The van der Waals surface area contributed by atoms with Crippen molar-refractivity contribution < 1.29 is 9.53 Å². The highest BCUT2D eigenvalue weighted by Gasteiger charge is 2.28. The molecule has 0 amide bonds. The third kappa shape index (κ3) is 4.74. The summed E-state index contributed by atoms with van der Waals surface area (Å²) in [6.07, 6.45) is 2.25. The number of carbonyl (C=O) groups is 1. The Balaban J connectivity index is 1.84. The molecule has 0 unspecified atom stereocenters. The molecule has 0 fully saturated rings. The van der Waals surface area contributed by atoms with Crippen LogP contribution in [-0.4, -0.2) is 28.5 Å². The van der Waals surface area contributed by atoms with Crippen LogP contribution in [0, 0.1) is 11.8 Å². The summed E-state index contributed by atoms with van der Waals surface area (Å²) in [5.74, 6) is 7.30. The highest BCUT2D eigenvalue weighted by Crippen LogP contribution is 2.42. The zero-order valence-corrected chi connectivity index (χ0v) is 17.8. The number of nitrogens with zero attached hydrogens (tertiary/aromatic N) is 2. The van der Waals surface area contributed by atoms with Gasteiger partial charge >= 0.3 is 5.97 Å². The van der Waals surface area contributed by atoms with Gasteiger partial charge in [-0.3, -0.25) is 4.79 Å². The van der Waals surface area contributed by atoms with Gasteiger partial charge < -0.3 is 4.74 Å². The molecule has 0 spiro atoms. The minimum atomic E-state index is -0.294. The van der Waals surface area contributed by atoms with Crippen molar-refractivity contribution >= 4 is 17.7 Å². The van der Waals surface area contributed by atoms with Crippen LogP contribution in [-0.2, 0) is 27.8 Å². The first kappa shape index (κ1) is 20.4. The van der Waals surface area contributed by atoms with E-state index in [0.717, 1.165) is 12.0 Å². The summed E-state index contributed by atoms with van der Waals surface area (Å²) < 4.78 is 4.93. The lowest BCUT2D eigenvalue weighted by Crippen LogP contribution is -2.23. The molecule has 0 N–H and O–H groups in total. The number of fused-ring (bicyclic) bond motifs is 1. The summed E-state index contributed by atoms with van der Waals surface area (Å²) in [5.41, 5.74) is 5.09. The zero-order valence-electron chi connectivity index (χ0n) is 17.0. The van der Waals surface area contributed by atoms with E-state index < -0.39 is 0 Å². The second-order valence-electron chi connectivity index (χ2n) is 7.48. The van der Waals surface area contributed by atoms with Crippen molar-refractivity contribution in [3.8, 4) is 11.8 Å². The van der Waals surface area contributed by atoms with Crippen LogP contribution in [0.2, 0.25) is 0 Å². The summed E-state index contributed by atoms with van der Waals surface area (Å²) in [4.78, 5) is 12.9. The average Bonchev–Trinajstić information content (AvgIpc) is 2.67. The van der Waals surface area contributed by atoms with Gasteiger partial charge in [0, 0.05) is 10.5 Å². The number of benzene rings is 1. The van der Waals surface area contributed by atoms with Gasteiger partial charge in [0.15, 0.2) is 0 Å². The molecular formula is C23H26N2O2S. The molecule has 2 aromatic rings. The lowest BCUT2D eigenvalue weighted by Gasteiger charge is -2.32. The molecule has 0 aliphatic carbocycles. The molecule has 4 nitrogen and oxygen atoms in total. The topological polar surface area (TPSA) is 52.1 Å². The molecule has 5 heteroatoms. The summed E-state index contributed by atoms with van der Waals surface area (Å²) >= 11 is 1.95. The Morgan fingerprint density at radius 3 is 2.71 bits per heavy atom. The van der Waals surface area contributed by atoms with E-state index in [-0.39, 0.29) is 17.8 Å². The Bertz CT molecular complexity index is 924. The van der Waals surface area contributed by atoms with E-state index in [9.17, 15) is 4.79 Å². The predicted molar refractivity (Wildman–Crippen MR) is 113 cm³/mol. The molecule has 0 atom stereocenters. The Kier molecular flexibility index (Phi) is 6.41. The smallest absolute Gasteiger partial charge is 0.311 e. The first-order chi connectivity index (χ1) is 13.4. The lowest BCUT2D eigenvalue weighted by molar-refractivity contribution is -0.142. The second kappa shape index (κ2) is 8.79. The van der Waals surface area contributed by atoms with Crippen molar-refractivity contribution in [3.05, 3.63) is 52.3 Å². The monoisotopic (exact) mass is 394 g/mol. The van der Waals surface area contributed by atoms with Crippen molar-refractivity contribution in [2.24, 2.45) is 0 Å². The standard InChI is InChI=1S/C23H26N2O2S/c1-5-16-14-21-20(23(3,4)11-12-28-21)13-17(16)7-8-18-9-10-19(25-24-18)15-22(26)27-6-2/h9-10,13-14H,5-6,11-12,15H2,1-4H3. The maximum atomic E-state index is 11.5. The maximum Gasteiger partial charge on any atom is 0.311 e. The molecule has 146 valence electrons. The van der Waals surface area contributed by atoms with Gasteiger partial charge in [0.05, 0.1) is 18.7 Å². The van der Waals surface area contributed by atoms with Crippen LogP contribution in [0.4, 0.5) is 0 Å². The van der Waals surface area contributed by atoms with E-state index in [1.807, 2.05) is 11.8 Å². The number of carbonyl (C=O) groups excluding carboxylic acids is 1. The fourth-order valence-corrected chi connectivity index (χ4v) is 4.79. The SMILES string of the molecule is CCOC(=O)Cc1ccc(C#Cc2cc3c(cc2CC)SCCC3(C)C)nn1. The molecule has 3 rings (SSSR count). The average molecular weight is 395 g/mol.